The molecule has 0 bridgehead atoms. The molecule has 0 atom stereocenters. The summed E-state index contributed by atoms with van der Waals surface area (Å²) in [5.41, 5.74) is 1.47. The summed E-state index contributed by atoms with van der Waals surface area (Å²) in [4.78, 5) is 41.5. The first kappa shape index (κ1) is 21.5. The van der Waals surface area contributed by atoms with Gasteiger partial charge in [-0.05, 0) is 49.3 Å². The van der Waals surface area contributed by atoms with Crippen LogP contribution in [0.25, 0.3) is 5.57 Å². The molecule has 0 unspecified atom stereocenters. The number of carbonyl (C=O) groups is 2. The zero-order chi connectivity index (χ0) is 22.0. The zero-order valence-electron chi connectivity index (χ0n) is 18.2. The van der Waals surface area contributed by atoms with Gasteiger partial charge in [0.1, 0.15) is 5.70 Å². The van der Waals surface area contributed by atoms with Gasteiger partial charge in [0.2, 0.25) is 0 Å². The van der Waals surface area contributed by atoms with Gasteiger partial charge in [0.05, 0.1) is 10.5 Å². The van der Waals surface area contributed by atoms with Crippen molar-refractivity contribution < 1.29 is 14.5 Å². The summed E-state index contributed by atoms with van der Waals surface area (Å²) in [6, 6.07) is 5.97. The van der Waals surface area contributed by atoms with E-state index < -0.39 is 4.92 Å². The second-order valence-corrected chi connectivity index (χ2v) is 9.18. The minimum Gasteiger partial charge on any atom is -0.366 e. The van der Waals surface area contributed by atoms with Crippen LogP contribution in [0.3, 0.4) is 0 Å². The first-order valence-electron chi connectivity index (χ1n) is 11.6. The second-order valence-electron chi connectivity index (χ2n) is 9.18. The van der Waals surface area contributed by atoms with Gasteiger partial charge < -0.3 is 4.90 Å². The molecular formula is C24H31N3O4. The second kappa shape index (κ2) is 9.20. The average Bonchev–Trinajstić information content (AvgIpc) is 2.99. The number of rotatable bonds is 4. The maximum Gasteiger partial charge on any atom is 0.278 e. The number of benzene rings is 1. The molecule has 7 heteroatoms. The molecule has 7 nitrogen and oxygen atoms in total. The van der Waals surface area contributed by atoms with Crippen molar-refractivity contribution in [3.05, 3.63) is 45.6 Å². The zero-order valence-corrected chi connectivity index (χ0v) is 18.2. The number of hydrogen-bond donors (Lipinski definition) is 0. The molecule has 2 heterocycles. The Morgan fingerprint density at radius 1 is 0.871 bits per heavy atom. The molecule has 31 heavy (non-hydrogen) atoms. The summed E-state index contributed by atoms with van der Waals surface area (Å²) < 4.78 is 0. The lowest BCUT2D eigenvalue weighted by Gasteiger charge is -2.33. The van der Waals surface area contributed by atoms with Crippen LogP contribution >= 0.6 is 0 Å². The molecule has 3 aliphatic rings. The predicted molar refractivity (Wildman–Crippen MR) is 118 cm³/mol. The summed E-state index contributed by atoms with van der Waals surface area (Å²) in [6.07, 6.45) is 9.27. The molecule has 0 N–H and O–H groups in total. The molecular weight excluding hydrogens is 394 g/mol. The van der Waals surface area contributed by atoms with E-state index in [2.05, 4.69) is 11.8 Å². The van der Waals surface area contributed by atoms with Crippen molar-refractivity contribution in [1.82, 2.24) is 9.80 Å². The van der Waals surface area contributed by atoms with Crippen molar-refractivity contribution in [3.63, 3.8) is 0 Å². The normalized spacial score (nSPS) is 22.1. The number of imide groups is 1. The Hall–Kier alpha value is -2.70. The largest absolute Gasteiger partial charge is 0.366 e. The summed E-state index contributed by atoms with van der Waals surface area (Å²) in [5.74, 6) is 0.185. The van der Waals surface area contributed by atoms with E-state index in [1.807, 2.05) is 0 Å². The highest BCUT2D eigenvalue weighted by molar-refractivity contribution is 6.35. The molecule has 0 radical (unpaired) electrons. The lowest BCUT2D eigenvalue weighted by atomic mass is 9.95. The highest BCUT2D eigenvalue weighted by Crippen LogP contribution is 2.37. The third kappa shape index (κ3) is 4.36. The van der Waals surface area contributed by atoms with E-state index in [9.17, 15) is 19.7 Å². The number of carbonyl (C=O) groups excluding carboxylic acids is 2. The Labute approximate surface area is 183 Å². The molecule has 2 aliphatic heterocycles. The standard InChI is InChI=1S/C24H31N3O4/c1-17-13-15-25(16-14-17)22-21(18-9-11-20(12-10-18)27(30)31)23(28)26(24(22)29)19-7-5-3-2-4-6-8-19/h9-12,17,19H,2-8,13-16H2,1H3. The van der Waals surface area contributed by atoms with E-state index in [0.717, 1.165) is 64.5 Å². The molecule has 0 spiro atoms. The monoisotopic (exact) mass is 425 g/mol. The van der Waals surface area contributed by atoms with Crippen LogP contribution in [0.2, 0.25) is 0 Å². The number of amides is 2. The fourth-order valence-electron chi connectivity index (χ4n) is 5.10. The van der Waals surface area contributed by atoms with Crippen molar-refractivity contribution in [3.8, 4) is 0 Å². The van der Waals surface area contributed by atoms with Crippen molar-refractivity contribution in [2.75, 3.05) is 13.1 Å². The van der Waals surface area contributed by atoms with Gasteiger partial charge >= 0.3 is 0 Å². The minimum atomic E-state index is -0.451. The molecule has 166 valence electrons. The predicted octanol–water partition coefficient (Wildman–Crippen LogP) is 4.52. The topological polar surface area (TPSA) is 83.8 Å². The number of nitro benzene ring substituents is 1. The van der Waals surface area contributed by atoms with E-state index in [1.54, 1.807) is 12.1 Å². The number of non-ortho nitro benzene ring substituents is 1. The Balaban J connectivity index is 1.71. The Bertz CT molecular complexity index is 877. The van der Waals surface area contributed by atoms with Crippen LogP contribution in [0, 0.1) is 16.0 Å². The van der Waals surface area contributed by atoms with Crippen molar-refractivity contribution in [2.45, 2.75) is 70.8 Å². The molecule has 0 aromatic heterocycles. The molecule has 1 aromatic rings. The number of nitro groups is 1. The van der Waals surface area contributed by atoms with Gasteiger partial charge in [0, 0.05) is 31.3 Å². The number of piperidine rings is 1. The van der Waals surface area contributed by atoms with E-state index >= 15 is 0 Å². The fourth-order valence-corrected chi connectivity index (χ4v) is 5.10. The quantitative estimate of drug-likeness (QED) is 0.402. The number of nitrogens with zero attached hydrogens (tertiary/aromatic N) is 3. The Kier molecular flexibility index (Phi) is 6.39. The van der Waals surface area contributed by atoms with Gasteiger partial charge in [-0.2, -0.15) is 0 Å². The van der Waals surface area contributed by atoms with Crippen LogP contribution in [0.15, 0.2) is 30.0 Å². The smallest absolute Gasteiger partial charge is 0.278 e. The summed E-state index contributed by atoms with van der Waals surface area (Å²) in [7, 11) is 0. The molecule has 1 aliphatic carbocycles. The number of hydrogen-bond acceptors (Lipinski definition) is 5. The lowest BCUT2D eigenvalue weighted by Crippen LogP contribution is -2.43. The Morgan fingerprint density at radius 2 is 1.45 bits per heavy atom. The highest BCUT2D eigenvalue weighted by Gasteiger charge is 2.45. The third-order valence-corrected chi connectivity index (χ3v) is 7.00. The van der Waals surface area contributed by atoms with Gasteiger partial charge in [-0.15, -0.1) is 0 Å². The minimum absolute atomic E-state index is 0.0219. The first-order valence-corrected chi connectivity index (χ1v) is 11.6. The first-order chi connectivity index (χ1) is 15.0. The summed E-state index contributed by atoms with van der Waals surface area (Å²) in [5, 5.41) is 11.1. The third-order valence-electron chi connectivity index (χ3n) is 7.00. The van der Waals surface area contributed by atoms with Crippen molar-refractivity contribution in [1.29, 1.82) is 0 Å². The maximum absolute atomic E-state index is 13.7. The molecule has 4 rings (SSSR count). The van der Waals surface area contributed by atoms with Crippen LogP contribution in [0.4, 0.5) is 5.69 Å². The van der Waals surface area contributed by atoms with E-state index in [1.165, 1.54) is 23.5 Å². The van der Waals surface area contributed by atoms with Crippen LogP contribution < -0.4 is 0 Å². The van der Waals surface area contributed by atoms with Gasteiger partial charge in [0.15, 0.2) is 0 Å². The van der Waals surface area contributed by atoms with E-state index in [0.29, 0.717) is 22.8 Å². The molecule has 1 saturated heterocycles. The SMILES string of the molecule is CC1CCN(C2=C(c3ccc([N+](=O)[O-])cc3)C(=O)N(C3CCCCCCC3)C2=O)CC1. The molecule has 2 amide bonds. The highest BCUT2D eigenvalue weighted by atomic mass is 16.6. The maximum atomic E-state index is 13.7. The van der Waals surface area contributed by atoms with Crippen LogP contribution in [-0.4, -0.2) is 45.7 Å². The van der Waals surface area contributed by atoms with Gasteiger partial charge in [-0.25, -0.2) is 0 Å². The average molecular weight is 426 g/mol. The summed E-state index contributed by atoms with van der Waals surface area (Å²) in [6.45, 7) is 3.72. The molecule has 2 fully saturated rings. The fraction of sp³-hybridized carbons (Fsp3) is 0.583. The van der Waals surface area contributed by atoms with Crippen molar-refractivity contribution in [2.24, 2.45) is 5.92 Å². The van der Waals surface area contributed by atoms with Crippen LogP contribution in [0.5, 0.6) is 0 Å². The van der Waals surface area contributed by atoms with E-state index in [-0.39, 0.29) is 23.5 Å². The van der Waals surface area contributed by atoms with Gasteiger partial charge in [0.25, 0.3) is 17.5 Å². The number of likely N-dealkylation sites (tertiary alicyclic amines) is 1. The van der Waals surface area contributed by atoms with Crippen LogP contribution in [0.1, 0.15) is 70.3 Å². The summed E-state index contributed by atoms with van der Waals surface area (Å²) >= 11 is 0. The molecule has 1 aromatic carbocycles. The van der Waals surface area contributed by atoms with Crippen LogP contribution in [-0.2, 0) is 9.59 Å². The lowest BCUT2D eigenvalue weighted by molar-refractivity contribution is -0.384. The van der Waals surface area contributed by atoms with E-state index in [4.69, 9.17) is 0 Å². The molecule has 1 saturated carbocycles. The Morgan fingerprint density at radius 3 is 2.03 bits per heavy atom. The van der Waals surface area contributed by atoms with Crippen molar-refractivity contribution >= 4 is 23.1 Å². The van der Waals surface area contributed by atoms with Gasteiger partial charge in [-0.1, -0.05) is 39.0 Å². The van der Waals surface area contributed by atoms with Gasteiger partial charge in [-0.3, -0.25) is 24.6 Å².